The summed E-state index contributed by atoms with van der Waals surface area (Å²) in [6.07, 6.45) is 3.04. The largest absolute Gasteiger partial charge is 0.368 e. The van der Waals surface area contributed by atoms with Crippen molar-refractivity contribution in [1.82, 2.24) is 20.2 Å². The fourth-order valence-corrected chi connectivity index (χ4v) is 2.78. The lowest BCUT2D eigenvalue weighted by molar-refractivity contribution is -0.113. The molecule has 0 aliphatic rings. The fraction of sp³-hybridized carbons (Fsp3) is 0.417. The number of aromatic amines is 2. The van der Waals surface area contributed by atoms with Gasteiger partial charge in [-0.15, -0.1) is 5.10 Å². The van der Waals surface area contributed by atoms with Gasteiger partial charge in [0.25, 0.3) is 0 Å². The number of carbonyl (C=O) groups excluding carboxylic acids is 1. The first kappa shape index (κ1) is 15.8. The van der Waals surface area contributed by atoms with Gasteiger partial charge in [-0.1, -0.05) is 11.8 Å². The zero-order valence-corrected chi connectivity index (χ0v) is 13.5. The predicted octanol–water partition coefficient (Wildman–Crippen LogP) is 1.66. The van der Waals surface area contributed by atoms with Crippen molar-refractivity contribution in [1.29, 1.82) is 0 Å². The molecule has 5 N–H and O–H groups in total. The molecular weight excluding hydrogens is 308 g/mol. The molecule has 0 aromatic carbocycles. The minimum atomic E-state index is -0.110. The van der Waals surface area contributed by atoms with Gasteiger partial charge in [-0.25, -0.2) is 5.10 Å². The van der Waals surface area contributed by atoms with Crippen LogP contribution in [0.4, 0.5) is 11.8 Å². The van der Waals surface area contributed by atoms with Crippen molar-refractivity contribution in [2.24, 2.45) is 0 Å². The Labute approximate surface area is 131 Å². The summed E-state index contributed by atoms with van der Waals surface area (Å²) >= 11 is 3.03. The number of rotatable bonds is 7. The van der Waals surface area contributed by atoms with Crippen LogP contribution in [0.2, 0.25) is 0 Å². The number of anilines is 2. The maximum Gasteiger partial charge on any atom is 0.235 e. The van der Waals surface area contributed by atoms with Crippen LogP contribution in [0.5, 0.6) is 0 Å². The molecule has 2 heterocycles. The van der Waals surface area contributed by atoms with E-state index in [0.717, 1.165) is 29.2 Å². The highest BCUT2D eigenvalue weighted by Gasteiger charge is 2.09. The average molecular weight is 326 g/mol. The highest BCUT2D eigenvalue weighted by Crippen LogP contribution is 2.17. The van der Waals surface area contributed by atoms with E-state index in [-0.39, 0.29) is 17.6 Å². The summed E-state index contributed by atoms with van der Waals surface area (Å²) in [5.41, 5.74) is 7.74. The predicted molar refractivity (Wildman–Crippen MR) is 87.8 cm³/mol. The Morgan fingerprint density at radius 2 is 2.33 bits per heavy atom. The van der Waals surface area contributed by atoms with Gasteiger partial charge in [0.1, 0.15) is 5.82 Å². The SMILES string of the molecule is CSCCc1[nH]c(NC(=O)CSc2n[nH]c(N)n2)cc1C. The Morgan fingerprint density at radius 1 is 1.52 bits per heavy atom. The standard InChI is InChI=1S/C12H18N6OS2/c1-7-5-9(14-8(7)3-4-20-2)15-10(19)6-21-12-16-11(13)17-18-12/h5,14H,3-4,6H2,1-2H3,(H,15,19)(H3,13,16,17,18). The molecule has 2 aromatic rings. The fourth-order valence-electron chi connectivity index (χ4n) is 1.77. The second-order valence-corrected chi connectivity index (χ2v) is 6.36. The third-order valence-electron chi connectivity index (χ3n) is 2.77. The van der Waals surface area contributed by atoms with Crippen molar-refractivity contribution >= 4 is 41.2 Å². The Balaban J connectivity index is 1.84. The highest BCUT2D eigenvalue weighted by molar-refractivity contribution is 7.99. The van der Waals surface area contributed by atoms with E-state index in [1.807, 2.05) is 13.0 Å². The number of carbonyl (C=O) groups is 1. The number of H-pyrrole nitrogens is 2. The van der Waals surface area contributed by atoms with Crippen LogP contribution < -0.4 is 11.1 Å². The minimum absolute atomic E-state index is 0.110. The summed E-state index contributed by atoms with van der Waals surface area (Å²) in [6, 6.07) is 1.95. The molecule has 1 amide bonds. The zero-order valence-electron chi connectivity index (χ0n) is 11.9. The Hall–Kier alpha value is -1.61. The van der Waals surface area contributed by atoms with Gasteiger partial charge in [0.05, 0.1) is 5.75 Å². The third-order valence-corrected chi connectivity index (χ3v) is 4.23. The van der Waals surface area contributed by atoms with Gasteiger partial charge in [0, 0.05) is 5.69 Å². The topological polar surface area (TPSA) is 112 Å². The highest BCUT2D eigenvalue weighted by atomic mass is 32.2. The van der Waals surface area contributed by atoms with Crippen molar-refractivity contribution in [2.45, 2.75) is 18.5 Å². The molecule has 0 saturated heterocycles. The van der Waals surface area contributed by atoms with Gasteiger partial charge in [-0.3, -0.25) is 4.79 Å². The first-order valence-electron chi connectivity index (χ1n) is 6.36. The molecule has 0 fully saturated rings. The molecule has 9 heteroatoms. The van der Waals surface area contributed by atoms with Crippen LogP contribution in [0, 0.1) is 6.92 Å². The lowest BCUT2D eigenvalue weighted by Crippen LogP contribution is -2.14. The molecule has 114 valence electrons. The maximum atomic E-state index is 11.9. The van der Waals surface area contributed by atoms with Crippen LogP contribution in [0.1, 0.15) is 11.3 Å². The minimum Gasteiger partial charge on any atom is -0.368 e. The molecule has 0 saturated carbocycles. The lowest BCUT2D eigenvalue weighted by atomic mass is 10.2. The molecule has 0 spiro atoms. The van der Waals surface area contributed by atoms with Crippen molar-refractivity contribution < 1.29 is 4.79 Å². The van der Waals surface area contributed by atoms with Crippen molar-refractivity contribution in [3.8, 4) is 0 Å². The van der Waals surface area contributed by atoms with Crippen LogP contribution in [0.15, 0.2) is 11.2 Å². The van der Waals surface area contributed by atoms with Gasteiger partial charge in [-0.2, -0.15) is 16.7 Å². The van der Waals surface area contributed by atoms with E-state index in [4.69, 9.17) is 5.73 Å². The first-order chi connectivity index (χ1) is 10.1. The van der Waals surface area contributed by atoms with Crippen LogP contribution in [0.3, 0.4) is 0 Å². The van der Waals surface area contributed by atoms with Gasteiger partial charge in [-0.05, 0) is 37.0 Å². The normalized spacial score (nSPS) is 10.8. The zero-order chi connectivity index (χ0) is 15.2. The number of aromatic nitrogens is 4. The molecule has 0 radical (unpaired) electrons. The van der Waals surface area contributed by atoms with E-state index in [0.29, 0.717) is 5.16 Å². The van der Waals surface area contributed by atoms with Crippen LogP contribution in [-0.4, -0.2) is 43.8 Å². The number of aryl methyl sites for hydroxylation is 2. The van der Waals surface area contributed by atoms with E-state index in [1.165, 1.54) is 11.8 Å². The molecule has 2 aromatic heterocycles. The van der Waals surface area contributed by atoms with Crippen LogP contribution in [-0.2, 0) is 11.2 Å². The van der Waals surface area contributed by atoms with Crippen LogP contribution in [0.25, 0.3) is 0 Å². The van der Waals surface area contributed by atoms with Gasteiger partial charge < -0.3 is 16.0 Å². The average Bonchev–Trinajstić information content (AvgIpc) is 3.00. The molecule has 0 aliphatic heterocycles. The summed E-state index contributed by atoms with van der Waals surface area (Å²) in [5, 5.41) is 9.69. The Morgan fingerprint density at radius 3 is 3.00 bits per heavy atom. The number of nitrogens with two attached hydrogens (primary N) is 1. The molecule has 0 aliphatic carbocycles. The monoisotopic (exact) mass is 326 g/mol. The summed E-state index contributed by atoms with van der Waals surface area (Å²) in [6.45, 7) is 2.03. The summed E-state index contributed by atoms with van der Waals surface area (Å²) < 4.78 is 0. The molecular formula is C12H18N6OS2. The Bertz CT molecular complexity index is 609. The number of hydrogen-bond acceptors (Lipinski definition) is 6. The number of hydrogen-bond donors (Lipinski definition) is 4. The van der Waals surface area contributed by atoms with Crippen molar-refractivity contribution in [2.75, 3.05) is 28.8 Å². The second kappa shape index (κ2) is 7.41. The first-order valence-corrected chi connectivity index (χ1v) is 8.74. The molecule has 2 rings (SSSR count). The quantitative estimate of drug-likeness (QED) is 0.576. The van der Waals surface area contributed by atoms with Crippen molar-refractivity contribution in [3.63, 3.8) is 0 Å². The molecule has 21 heavy (non-hydrogen) atoms. The summed E-state index contributed by atoms with van der Waals surface area (Å²) in [7, 11) is 0. The molecule has 0 bridgehead atoms. The molecule has 0 atom stereocenters. The van der Waals surface area contributed by atoms with Gasteiger partial charge in [0.2, 0.25) is 17.0 Å². The summed E-state index contributed by atoms with van der Waals surface area (Å²) in [5.74, 6) is 2.15. The number of thioether (sulfide) groups is 2. The number of nitrogens with one attached hydrogen (secondary N) is 3. The van der Waals surface area contributed by atoms with Gasteiger partial charge >= 0.3 is 0 Å². The van der Waals surface area contributed by atoms with E-state index in [1.54, 1.807) is 11.8 Å². The Kier molecular flexibility index (Phi) is 5.57. The number of nitrogen functional groups attached to an aromatic ring is 1. The van der Waals surface area contributed by atoms with Crippen LogP contribution >= 0.6 is 23.5 Å². The molecule has 0 unspecified atom stereocenters. The van der Waals surface area contributed by atoms with Crippen molar-refractivity contribution in [3.05, 3.63) is 17.3 Å². The second-order valence-electron chi connectivity index (χ2n) is 4.43. The van der Waals surface area contributed by atoms with E-state index in [2.05, 4.69) is 31.7 Å². The smallest absolute Gasteiger partial charge is 0.235 e. The summed E-state index contributed by atoms with van der Waals surface area (Å²) in [4.78, 5) is 19.0. The lowest BCUT2D eigenvalue weighted by Gasteiger charge is -2.01. The van der Waals surface area contributed by atoms with E-state index < -0.39 is 0 Å². The third kappa shape index (κ3) is 4.71. The number of amides is 1. The van der Waals surface area contributed by atoms with E-state index >= 15 is 0 Å². The van der Waals surface area contributed by atoms with Gasteiger partial charge in [0.15, 0.2) is 0 Å². The maximum absolute atomic E-state index is 11.9. The molecule has 7 nitrogen and oxygen atoms in total. The van der Waals surface area contributed by atoms with E-state index in [9.17, 15) is 4.79 Å². The number of nitrogens with zero attached hydrogens (tertiary/aromatic N) is 2.